The summed E-state index contributed by atoms with van der Waals surface area (Å²) in [6.07, 6.45) is 1.92. The molecule has 1 fully saturated rings. The summed E-state index contributed by atoms with van der Waals surface area (Å²) < 4.78 is 5.35. The third kappa shape index (κ3) is 2.99. The lowest BCUT2D eigenvalue weighted by atomic mass is 10.2. The van der Waals surface area contributed by atoms with Crippen LogP contribution in [0.2, 0.25) is 0 Å². The molecule has 0 aliphatic carbocycles. The number of ether oxygens (including phenoxy) is 1. The zero-order valence-electron chi connectivity index (χ0n) is 9.96. The molecule has 0 atom stereocenters. The van der Waals surface area contributed by atoms with E-state index in [0.29, 0.717) is 24.5 Å². The molecule has 1 aliphatic rings. The van der Waals surface area contributed by atoms with Gasteiger partial charge in [0.1, 0.15) is 11.8 Å². The van der Waals surface area contributed by atoms with Crippen molar-refractivity contribution < 1.29 is 14.4 Å². The Morgan fingerprint density at radius 2 is 2.28 bits per heavy atom. The second-order valence-electron chi connectivity index (χ2n) is 3.93. The first-order valence-corrected chi connectivity index (χ1v) is 5.86. The highest BCUT2D eigenvalue weighted by atomic mass is 16.7. The van der Waals surface area contributed by atoms with Crippen LogP contribution in [0.25, 0.3) is 0 Å². The van der Waals surface area contributed by atoms with E-state index in [0.717, 1.165) is 12.8 Å². The summed E-state index contributed by atoms with van der Waals surface area (Å²) in [5.74, 6) is 0.202. The van der Waals surface area contributed by atoms with Gasteiger partial charge in [-0.25, -0.2) is 5.06 Å². The fraction of sp³-hybridized carbons (Fsp3) is 0.385. The van der Waals surface area contributed by atoms with Gasteiger partial charge in [-0.3, -0.25) is 9.63 Å². The minimum Gasteiger partial charge on any atom is -0.482 e. The number of nitrogens with zero attached hydrogens (tertiary/aromatic N) is 2. The number of amides is 1. The van der Waals surface area contributed by atoms with Gasteiger partial charge in [0.25, 0.3) is 5.91 Å². The molecule has 2 rings (SSSR count). The molecule has 5 nitrogen and oxygen atoms in total. The van der Waals surface area contributed by atoms with Gasteiger partial charge in [-0.15, -0.1) is 0 Å². The summed E-state index contributed by atoms with van der Waals surface area (Å²) in [6, 6.07) is 8.85. The number of benzene rings is 1. The van der Waals surface area contributed by atoms with Crippen LogP contribution in [0.5, 0.6) is 5.75 Å². The molecule has 1 amide bonds. The zero-order chi connectivity index (χ0) is 12.8. The Hall–Kier alpha value is -2.06. The molecule has 1 heterocycles. The number of hydroxylamine groups is 2. The predicted molar refractivity (Wildman–Crippen MR) is 63.6 cm³/mol. The number of carbonyl (C=O) groups is 1. The molecule has 0 aromatic heterocycles. The van der Waals surface area contributed by atoms with E-state index in [1.165, 1.54) is 5.06 Å². The van der Waals surface area contributed by atoms with Crippen LogP contribution in [-0.2, 0) is 9.63 Å². The zero-order valence-corrected chi connectivity index (χ0v) is 9.96. The van der Waals surface area contributed by atoms with Gasteiger partial charge in [-0.2, -0.15) is 5.26 Å². The van der Waals surface area contributed by atoms with Crippen molar-refractivity contribution in [3.8, 4) is 11.8 Å². The lowest BCUT2D eigenvalue weighted by Gasteiger charge is -2.25. The number of nitriles is 1. The first-order valence-electron chi connectivity index (χ1n) is 5.86. The molecule has 0 N–H and O–H groups in total. The SMILES string of the molecule is N#Cc1ccccc1OCC(=O)N1CCCCO1. The van der Waals surface area contributed by atoms with Crippen molar-refractivity contribution in [2.45, 2.75) is 12.8 Å². The van der Waals surface area contributed by atoms with Gasteiger partial charge in [0.05, 0.1) is 12.2 Å². The van der Waals surface area contributed by atoms with Crippen LogP contribution in [-0.4, -0.2) is 30.7 Å². The van der Waals surface area contributed by atoms with E-state index in [1.807, 2.05) is 6.07 Å². The lowest BCUT2D eigenvalue weighted by molar-refractivity contribution is -0.198. The average Bonchev–Trinajstić information content (AvgIpc) is 2.46. The fourth-order valence-corrected chi connectivity index (χ4v) is 1.69. The van der Waals surface area contributed by atoms with Crippen molar-refractivity contribution >= 4 is 5.91 Å². The van der Waals surface area contributed by atoms with E-state index in [1.54, 1.807) is 24.3 Å². The van der Waals surface area contributed by atoms with Gasteiger partial charge in [0.15, 0.2) is 6.61 Å². The maximum absolute atomic E-state index is 11.8. The molecular weight excluding hydrogens is 232 g/mol. The summed E-state index contributed by atoms with van der Waals surface area (Å²) in [4.78, 5) is 17.0. The van der Waals surface area contributed by atoms with Gasteiger partial charge in [-0.1, -0.05) is 12.1 Å². The maximum atomic E-state index is 11.8. The van der Waals surface area contributed by atoms with Gasteiger partial charge in [-0.05, 0) is 25.0 Å². The van der Waals surface area contributed by atoms with Crippen molar-refractivity contribution in [3.05, 3.63) is 29.8 Å². The first-order chi connectivity index (χ1) is 8.81. The summed E-state index contributed by atoms with van der Waals surface area (Å²) >= 11 is 0. The maximum Gasteiger partial charge on any atom is 0.283 e. The molecule has 1 aliphatic heterocycles. The molecule has 0 unspecified atom stereocenters. The highest BCUT2D eigenvalue weighted by Crippen LogP contribution is 2.16. The van der Waals surface area contributed by atoms with Crippen molar-refractivity contribution in [2.75, 3.05) is 19.8 Å². The molecule has 0 spiro atoms. The lowest BCUT2D eigenvalue weighted by Crippen LogP contribution is -2.38. The molecule has 1 aromatic carbocycles. The third-order valence-corrected chi connectivity index (χ3v) is 2.64. The highest BCUT2D eigenvalue weighted by Gasteiger charge is 2.18. The Morgan fingerprint density at radius 3 is 3.00 bits per heavy atom. The van der Waals surface area contributed by atoms with Crippen molar-refractivity contribution in [1.29, 1.82) is 5.26 Å². The molecule has 18 heavy (non-hydrogen) atoms. The molecule has 5 heteroatoms. The van der Waals surface area contributed by atoms with Gasteiger partial charge in [0, 0.05) is 6.54 Å². The standard InChI is InChI=1S/C13H14N2O3/c14-9-11-5-1-2-6-12(11)17-10-13(16)15-7-3-4-8-18-15/h1-2,5-6H,3-4,7-8,10H2. The van der Waals surface area contributed by atoms with E-state index in [9.17, 15) is 4.79 Å². The number of rotatable bonds is 3. The summed E-state index contributed by atoms with van der Waals surface area (Å²) in [7, 11) is 0. The summed E-state index contributed by atoms with van der Waals surface area (Å²) in [6.45, 7) is 1.06. The van der Waals surface area contributed by atoms with Crippen LogP contribution < -0.4 is 4.74 Å². The second kappa shape index (κ2) is 6.03. The van der Waals surface area contributed by atoms with Gasteiger partial charge >= 0.3 is 0 Å². The van der Waals surface area contributed by atoms with Crippen molar-refractivity contribution in [2.24, 2.45) is 0 Å². The number of para-hydroxylation sites is 1. The van der Waals surface area contributed by atoms with Crippen molar-refractivity contribution in [1.82, 2.24) is 5.06 Å². The smallest absolute Gasteiger partial charge is 0.283 e. The van der Waals surface area contributed by atoms with Gasteiger partial charge < -0.3 is 4.74 Å². The van der Waals surface area contributed by atoms with E-state index < -0.39 is 0 Å². The van der Waals surface area contributed by atoms with E-state index in [4.69, 9.17) is 14.8 Å². The van der Waals surface area contributed by atoms with Crippen LogP contribution in [0.4, 0.5) is 0 Å². The first kappa shape index (κ1) is 12.4. The summed E-state index contributed by atoms with van der Waals surface area (Å²) in [5.41, 5.74) is 0.421. The quantitative estimate of drug-likeness (QED) is 0.810. The molecule has 94 valence electrons. The Kier molecular flexibility index (Phi) is 4.15. The Bertz CT molecular complexity index is 462. The second-order valence-corrected chi connectivity index (χ2v) is 3.93. The van der Waals surface area contributed by atoms with Crippen LogP contribution in [0.1, 0.15) is 18.4 Å². The van der Waals surface area contributed by atoms with E-state index >= 15 is 0 Å². The molecule has 1 saturated heterocycles. The monoisotopic (exact) mass is 246 g/mol. The molecule has 1 aromatic rings. The number of hydrogen-bond donors (Lipinski definition) is 0. The van der Waals surface area contributed by atoms with Crippen LogP contribution in [0.15, 0.2) is 24.3 Å². The molecule has 0 bridgehead atoms. The van der Waals surface area contributed by atoms with Crippen LogP contribution >= 0.6 is 0 Å². The normalized spacial score (nSPS) is 14.9. The average molecular weight is 246 g/mol. The largest absolute Gasteiger partial charge is 0.482 e. The Balaban J connectivity index is 1.91. The molecule has 0 saturated carbocycles. The van der Waals surface area contributed by atoms with E-state index in [-0.39, 0.29) is 12.5 Å². The predicted octanol–water partition coefficient (Wildman–Crippen LogP) is 1.49. The topological polar surface area (TPSA) is 62.6 Å². The minimum absolute atomic E-state index is 0.112. The van der Waals surface area contributed by atoms with Crippen LogP contribution in [0.3, 0.4) is 0 Å². The van der Waals surface area contributed by atoms with E-state index in [2.05, 4.69) is 0 Å². The van der Waals surface area contributed by atoms with Crippen molar-refractivity contribution in [3.63, 3.8) is 0 Å². The minimum atomic E-state index is -0.220. The summed E-state index contributed by atoms with van der Waals surface area (Å²) in [5, 5.41) is 10.2. The number of carbonyl (C=O) groups excluding carboxylic acids is 1. The highest BCUT2D eigenvalue weighted by molar-refractivity contribution is 5.76. The van der Waals surface area contributed by atoms with Gasteiger partial charge in [0.2, 0.25) is 0 Å². The third-order valence-electron chi connectivity index (χ3n) is 2.64. The fourth-order valence-electron chi connectivity index (χ4n) is 1.69. The Labute approximate surface area is 105 Å². The van der Waals surface area contributed by atoms with Crippen LogP contribution in [0, 0.1) is 11.3 Å². The Morgan fingerprint density at radius 1 is 1.44 bits per heavy atom. The molecular formula is C13H14N2O3. The molecule has 0 radical (unpaired) electrons. The number of hydrogen-bond acceptors (Lipinski definition) is 4.